The van der Waals surface area contributed by atoms with Gasteiger partial charge in [0.25, 0.3) is 0 Å². The maximum absolute atomic E-state index is 9.22. The molecule has 0 amide bonds. The number of nitrogens with zero attached hydrogens (tertiary/aromatic N) is 1. The highest BCUT2D eigenvalue weighted by Crippen LogP contribution is 2.11. The number of ether oxygens (including phenoxy) is 1. The summed E-state index contributed by atoms with van der Waals surface area (Å²) in [6.45, 7) is 4.65. The van der Waals surface area contributed by atoms with Crippen molar-refractivity contribution in [2.45, 2.75) is 32.0 Å². The second kappa shape index (κ2) is 8.37. The van der Waals surface area contributed by atoms with Crippen molar-refractivity contribution < 1.29 is 9.84 Å². The van der Waals surface area contributed by atoms with Gasteiger partial charge in [0.05, 0.1) is 13.2 Å². The molecule has 1 heterocycles. The van der Waals surface area contributed by atoms with Crippen LogP contribution in [0.25, 0.3) is 0 Å². The molecule has 0 bridgehead atoms. The zero-order valence-electron chi connectivity index (χ0n) is 12.3. The predicted molar refractivity (Wildman–Crippen MR) is 80.5 cm³/mol. The number of hydrogen-bond donors (Lipinski definition) is 2. The van der Waals surface area contributed by atoms with Crippen LogP contribution in [0.2, 0.25) is 0 Å². The Bertz CT molecular complexity index is 375. The summed E-state index contributed by atoms with van der Waals surface area (Å²) in [5.41, 5.74) is 2.48. The molecule has 0 saturated carbocycles. The third kappa shape index (κ3) is 4.87. The average Bonchev–Trinajstić information content (AvgIpc) is 2.94. The summed E-state index contributed by atoms with van der Waals surface area (Å²) in [7, 11) is 1.71. The largest absolute Gasteiger partial charge is 0.395 e. The summed E-state index contributed by atoms with van der Waals surface area (Å²) < 4.78 is 5.12. The van der Waals surface area contributed by atoms with Gasteiger partial charge < -0.3 is 15.2 Å². The lowest BCUT2D eigenvalue weighted by Crippen LogP contribution is -2.38. The first-order chi connectivity index (χ1) is 9.81. The molecule has 4 nitrogen and oxygen atoms in total. The fraction of sp³-hybridized carbons (Fsp3) is 0.625. The molecular weight excluding hydrogens is 252 g/mol. The lowest BCUT2D eigenvalue weighted by atomic mass is 10.1. The third-order valence-electron chi connectivity index (χ3n) is 3.80. The van der Waals surface area contributed by atoms with E-state index in [1.807, 2.05) is 0 Å². The van der Waals surface area contributed by atoms with Crippen molar-refractivity contribution in [3.05, 3.63) is 35.4 Å². The number of nitrogens with one attached hydrogen (secondary N) is 1. The molecule has 1 aliphatic heterocycles. The molecular formula is C16H26N2O2. The van der Waals surface area contributed by atoms with E-state index in [-0.39, 0.29) is 6.61 Å². The zero-order chi connectivity index (χ0) is 14.2. The highest BCUT2D eigenvalue weighted by atomic mass is 16.5. The van der Waals surface area contributed by atoms with E-state index in [0.717, 1.165) is 26.2 Å². The smallest absolute Gasteiger partial charge is 0.0713 e. The van der Waals surface area contributed by atoms with Crippen molar-refractivity contribution in [3.8, 4) is 0 Å². The second-order valence-corrected chi connectivity index (χ2v) is 5.50. The van der Waals surface area contributed by atoms with E-state index < -0.39 is 0 Å². The maximum atomic E-state index is 9.22. The number of aliphatic hydroxyl groups is 1. The molecule has 1 aromatic carbocycles. The van der Waals surface area contributed by atoms with Gasteiger partial charge in [0.1, 0.15) is 0 Å². The van der Waals surface area contributed by atoms with E-state index in [9.17, 15) is 5.11 Å². The van der Waals surface area contributed by atoms with Gasteiger partial charge in [0, 0.05) is 32.8 Å². The summed E-state index contributed by atoms with van der Waals surface area (Å²) in [6.07, 6.45) is 2.51. The van der Waals surface area contributed by atoms with Crippen LogP contribution in [0, 0.1) is 0 Å². The van der Waals surface area contributed by atoms with Gasteiger partial charge in [-0.2, -0.15) is 0 Å². The van der Waals surface area contributed by atoms with E-state index in [1.165, 1.54) is 24.0 Å². The van der Waals surface area contributed by atoms with Crippen LogP contribution in [0.4, 0.5) is 0 Å². The minimum atomic E-state index is 0.217. The van der Waals surface area contributed by atoms with E-state index in [2.05, 4.69) is 34.5 Å². The van der Waals surface area contributed by atoms with E-state index in [4.69, 9.17) is 4.74 Å². The van der Waals surface area contributed by atoms with Crippen LogP contribution < -0.4 is 5.32 Å². The third-order valence-corrected chi connectivity index (χ3v) is 3.80. The molecule has 0 radical (unpaired) electrons. The Kier molecular flexibility index (Phi) is 6.47. The van der Waals surface area contributed by atoms with Crippen LogP contribution in [0.15, 0.2) is 24.3 Å². The van der Waals surface area contributed by atoms with Crippen LogP contribution in [0.5, 0.6) is 0 Å². The molecule has 0 spiro atoms. The van der Waals surface area contributed by atoms with Crippen molar-refractivity contribution >= 4 is 0 Å². The van der Waals surface area contributed by atoms with Gasteiger partial charge in [-0.3, -0.25) is 4.90 Å². The number of methoxy groups -OCH3 is 1. The molecule has 1 atom stereocenters. The maximum Gasteiger partial charge on any atom is 0.0713 e. The van der Waals surface area contributed by atoms with E-state index >= 15 is 0 Å². The standard InChI is InChI=1S/C16H26N2O2/c1-20-13-15-6-4-14(5-7-15)11-18(9-10-19)12-16-3-2-8-17-16/h4-7,16-17,19H,2-3,8-13H2,1H3. The lowest BCUT2D eigenvalue weighted by Gasteiger charge is -2.25. The van der Waals surface area contributed by atoms with Crippen molar-refractivity contribution in [2.24, 2.45) is 0 Å². The highest BCUT2D eigenvalue weighted by molar-refractivity contribution is 5.22. The molecule has 1 unspecified atom stereocenters. The number of benzene rings is 1. The molecule has 20 heavy (non-hydrogen) atoms. The lowest BCUT2D eigenvalue weighted by molar-refractivity contribution is 0.178. The zero-order valence-corrected chi connectivity index (χ0v) is 12.3. The van der Waals surface area contributed by atoms with Crippen LogP contribution >= 0.6 is 0 Å². The first-order valence-electron chi connectivity index (χ1n) is 7.45. The molecule has 1 fully saturated rings. The summed E-state index contributed by atoms with van der Waals surface area (Å²) in [5, 5.41) is 12.7. The Morgan fingerprint density at radius 1 is 1.30 bits per heavy atom. The van der Waals surface area contributed by atoms with Gasteiger partial charge in [0.15, 0.2) is 0 Å². The van der Waals surface area contributed by atoms with E-state index in [0.29, 0.717) is 12.6 Å². The molecule has 2 N–H and O–H groups in total. The second-order valence-electron chi connectivity index (χ2n) is 5.50. The molecule has 0 aliphatic carbocycles. The molecule has 2 rings (SSSR count). The van der Waals surface area contributed by atoms with Gasteiger partial charge in [-0.05, 0) is 30.5 Å². The van der Waals surface area contributed by atoms with Gasteiger partial charge in [-0.1, -0.05) is 24.3 Å². The predicted octanol–water partition coefficient (Wildman–Crippen LogP) is 1.38. The molecule has 4 heteroatoms. The fourth-order valence-electron chi connectivity index (χ4n) is 2.77. The first-order valence-corrected chi connectivity index (χ1v) is 7.45. The number of rotatable bonds is 8. The summed E-state index contributed by atoms with van der Waals surface area (Å²) >= 11 is 0. The van der Waals surface area contributed by atoms with Crippen molar-refractivity contribution in [1.82, 2.24) is 10.2 Å². The van der Waals surface area contributed by atoms with Crippen LogP contribution in [0.1, 0.15) is 24.0 Å². The fourth-order valence-corrected chi connectivity index (χ4v) is 2.77. The SMILES string of the molecule is COCc1ccc(CN(CCO)CC2CCCN2)cc1. The minimum absolute atomic E-state index is 0.217. The Balaban J connectivity index is 1.88. The van der Waals surface area contributed by atoms with Gasteiger partial charge in [-0.15, -0.1) is 0 Å². The van der Waals surface area contributed by atoms with Gasteiger partial charge in [0.2, 0.25) is 0 Å². The monoisotopic (exact) mass is 278 g/mol. The normalized spacial score (nSPS) is 18.9. The van der Waals surface area contributed by atoms with Crippen LogP contribution in [-0.4, -0.2) is 49.4 Å². The van der Waals surface area contributed by atoms with Crippen molar-refractivity contribution in [3.63, 3.8) is 0 Å². The van der Waals surface area contributed by atoms with E-state index in [1.54, 1.807) is 7.11 Å². The van der Waals surface area contributed by atoms with Gasteiger partial charge in [-0.25, -0.2) is 0 Å². The Hall–Kier alpha value is -0.940. The topological polar surface area (TPSA) is 44.7 Å². The molecule has 1 aliphatic rings. The first kappa shape index (κ1) is 15.4. The Morgan fingerprint density at radius 2 is 2.05 bits per heavy atom. The average molecular weight is 278 g/mol. The van der Waals surface area contributed by atoms with Crippen molar-refractivity contribution in [2.75, 3.05) is 33.4 Å². The number of hydrogen-bond acceptors (Lipinski definition) is 4. The summed E-state index contributed by atoms with van der Waals surface area (Å²) in [6, 6.07) is 9.11. The molecule has 0 aromatic heterocycles. The van der Waals surface area contributed by atoms with Gasteiger partial charge >= 0.3 is 0 Å². The van der Waals surface area contributed by atoms with Crippen LogP contribution in [0.3, 0.4) is 0 Å². The summed E-state index contributed by atoms with van der Waals surface area (Å²) in [4.78, 5) is 2.33. The van der Waals surface area contributed by atoms with Crippen molar-refractivity contribution in [1.29, 1.82) is 0 Å². The molecule has 112 valence electrons. The minimum Gasteiger partial charge on any atom is -0.395 e. The van der Waals surface area contributed by atoms with Crippen LogP contribution in [-0.2, 0) is 17.9 Å². The molecule has 1 saturated heterocycles. The quantitative estimate of drug-likeness (QED) is 0.754. The molecule has 1 aromatic rings. The highest BCUT2D eigenvalue weighted by Gasteiger charge is 2.17. The Morgan fingerprint density at radius 3 is 2.65 bits per heavy atom. The Labute approximate surface area is 121 Å². The summed E-state index contributed by atoms with van der Waals surface area (Å²) in [5.74, 6) is 0. The number of aliphatic hydroxyl groups excluding tert-OH is 1.